The number of hydrogen-bond acceptors (Lipinski definition) is 9. The maximum Gasteiger partial charge on any atom is 0.326 e. The van der Waals surface area contributed by atoms with Crippen LogP contribution in [0.25, 0.3) is 0 Å². The summed E-state index contributed by atoms with van der Waals surface area (Å²) in [5.41, 5.74) is 10.9. The van der Waals surface area contributed by atoms with Gasteiger partial charge in [-0.3, -0.25) is 14.4 Å². The Bertz CT molecular complexity index is 564. The molecule has 3 amide bonds. The van der Waals surface area contributed by atoms with Crippen molar-refractivity contribution >= 4 is 36.3 Å². The standard InChI is InChI=1S/C16H31N5O7S/c1-8(23)12(21-13(24)9(18)7-29)15(26)20-11(6-22)14(25)19-10(16(27)28)4-2-3-5-17/h8-12,22-23,29H,2-7,17-18H2,1H3,(H,19,25)(H,20,26)(H,21,24)(H,27,28). The minimum absolute atomic E-state index is 0.00237. The molecule has 0 spiro atoms. The number of nitrogens with one attached hydrogen (secondary N) is 3. The molecule has 0 aromatic carbocycles. The molecule has 0 radical (unpaired) electrons. The van der Waals surface area contributed by atoms with Gasteiger partial charge in [0.05, 0.1) is 18.8 Å². The molecule has 0 saturated heterocycles. The number of hydrogen-bond donors (Lipinski definition) is 9. The molecule has 13 heteroatoms. The Morgan fingerprint density at radius 3 is 2.03 bits per heavy atom. The van der Waals surface area contributed by atoms with Crippen molar-refractivity contribution < 1.29 is 34.5 Å². The normalized spacial score (nSPS) is 16.1. The molecule has 0 saturated carbocycles. The van der Waals surface area contributed by atoms with Crippen LogP contribution in [-0.2, 0) is 19.2 Å². The Labute approximate surface area is 174 Å². The number of aliphatic hydroxyl groups is 2. The van der Waals surface area contributed by atoms with E-state index in [9.17, 15) is 34.5 Å². The van der Waals surface area contributed by atoms with E-state index >= 15 is 0 Å². The molecule has 0 rings (SSSR count). The first kappa shape index (κ1) is 27.1. The van der Waals surface area contributed by atoms with Crippen LogP contribution < -0.4 is 27.4 Å². The predicted molar refractivity (Wildman–Crippen MR) is 107 cm³/mol. The van der Waals surface area contributed by atoms with Crippen LogP contribution in [0.3, 0.4) is 0 Å². The molecule has 0 heterocycles. The number of thiol groups is 1. The average molecular weight is 438 g/mol. The number of aliphatic hydroxyl groups excluding tert-OH is 2. The van der Waals surface area contributed by atoms with E-state index in [1.165, 1.54) is 6.92 Å². The highest BCUT2D eigenvalue weighted by Crippen LogP contribution is 2.02. The first-order chi connectivity index (χ1) is 13.6. The van der Waals surface area contributed by atoms with Crippen molar-refractivity contribution in [3.63, 3.8) is 0 Å². The summed E-state index contributed by atoms with van der Waals surface area (Å²) in [4.78, 5) is 47.8. The van der Waals surface area contributed by atoms with Gasteiger partial charge in [-0.1, -0.05) is 0 Å². The largest absolute Gasteiger partial charge is 0.480 e. The minimum Gasteiger partial charge on any atom is -0.480 e. The van der Waals surface area contributed by atoms with Crippen LogP contribution in [0.4, 0.5) is 0 Å². The van der Waals surface area contributed by atoms with Crippen LogP contribution in [0.1, 0.15) is 26.2 Å². The van der Waals surface area contributed by atoms with E-state index in [-0.39, 0.29) is 12.2 Å². The summed E-state index contributed by atoms with van der Waals surface area (Å²) in [5.74, 6) is -3.89. The van der Waals surface area contributed by atoms with E-state index in [4.69, 9.17) is 11.5 Å². The van der Waals surface area contributed by atoms with Crippen molar-refractivity contribution in [2.24, 2.45) is 11.5 Å². The summed E-state index contributed by atoms with van der Waals surface area (Å²) < 4.78 is 0. The molecule has 10 N–H and O–H groups in total. The van der Waals surface area contributed by atoms with Gasteiger partial charge in [-0.25, -0.2) is 4.79 Å². The van der Waals surface area contributed by atoms with Gasteiger partial charge in [0.25, 0.3) is 0 Å². The number of amides is 3. The van der Waals surface area contributed by atoms with Gasteiger partial charge >= 0.3 is 5.97 Å². The highest BCUT2D eigenvalue weighted by molar-refractivity contribution is 7.80. The van der Waals surface area contributed by atoms with Crippen LogP contribution in [0.2, 0.25) is 0 Å². The number of rotatable bonds is 14. The zero-order chi connectivity index (χ0) is 22.6. The quantitative estimate of drug-likeness (QED) is 0.0962. The van der Waals surface area contributed by atoms with Crippen molar-refractivity contribution in [3.8, 4) is 0 Å². The van der Waals surface area contributed by atoms with Gasteiger partial charge in [0.1, 0.15) is 18.1 Å². The second-order valence-corrected chi connectivity index (χ2v) is 6.81. The lowest BCUT2D eigenvalue weighted by Gasteiger charge is -2.25. The van der Waals surface area contributed by atoms with Crippen LogP contribution in [0.15, 0.2) is 0 Å². The van der Waals surface area contributed by atoms with E-state index in [0.717, 1.165) is 0 Å². The second-order valence-electron chi connectivity index (χ2n) is 6.44. The van der Waals surface area contributed by atoms with E-state index in [1.807, 2.05) is 0 Å². The highest BCUT2D eigenvalue weighted by atomic mass is 32.1. The van der Waals surface area contributed by atoms with E-state index in [1.54, 1.807) is 0 Å². The zero-order valence-electron chi connectivity index (χ0n) is 16.2. The zero-order valence-corrected chi connectivity index (χ0v) is 17.1. The van der Waals surface area contributed by atoms with Crippen LogP contribution in [-0.4, -0.2) is 88.2 Å². The molecule has 29 heavy (non-hydrogen) atoms. The lowest BCUT2D eigenvalue weighted by Crippen LogP contribution is -2.60. The highest BCUT2D eigenvalue weighted by Gasteiger charge is 2.31. The Morgan fingerprint density at radius 1 is 1.00 bits per heavy atom. The van der Waals surface area contributed by atoms with Crippen molar-refractivity contribution in [2.75, 3.05) is 18.9 Å². The number of carboxylic acids is 1. The third-order valence-electron chi connectivity index (χ3n) is 3.97. The maximum atomic E-state index is 12.4. The number of aliphatic carboxylic acids is 1. The second kappa shape index (κ2) is 14.1. The van der Waals surface area contributed by atoms with Crippen LogP contribution in [0, 0.1) is 0 Å². The van der Waals surface area contributed by atoms with E-state index in [0.29, 0.717) is 19.4 Å². The summed E-state index contributed by atoms with van der Waals surface area (Å²) >= 11 is 3.87. The third kappa shape index (κ3) is 9.89. The average Bonchev–Trinajstić information content (AvgIpc) is 2.67. The van der Waals surface area contributed by atoms with E-state index < -0.39 is 60.6 Å². The Balaban J connectivity index is 5.05. The molecule has 5 unspecified atom stereocenters. The van der Waals surface area contributed by atoms with Crippen molar-refractivity contribution in [1.82, 2.24) is 16.0 Å². The summed E-state index contributed by atoms with van der Waals surface area (Å²) in [6, 6.07) is -5.18. The van der Waals surface area contributed by atoms with Crippen LogP contribution in [0.5, 0.6) is 0 Å². The van der Waals surface area contributed by atoms with Gasteiger partial charge in [0, 0.05) is 5.75 Å². The van der Waals surface area contributed by atoms with Gasteiger partial charge in [-0.05, 0) is 32.7 Å². The fourth-order valence-corrected chi connectivity index (χ4v) is 2.39. The molecular formula is C16H31N5O7S. The summed E-state index contributed by atoms with van der Waals surface area (Å²) in [6.45, 7) is 0.783. The van der Waals surface area contributed by atoms with Crippen molar-refractivity contribution in [3.05, 3.63) is 0 Å². The smallest absolute Gasteiger partial charge is 0.326 e. The fraction of sp³-hybridized carbons (Fsp3) is 0.750. The first-order valence-corrected chi connectivity index (χ1v) is 9.71. The molecule has 5 atom stereocenters. The SMILES string of the molecule is CC(O)C(NC(=O)C(N)CS)C(=O)NC(CO)C(=O)NC(CCCCN)C(=O)O. The Hall–Kier alpha value is -1.93. The first-order valence-electron chi connectivity index (χ1n) is 9.08. The molecule has 0 aromatic rings. The van der Waals surface area contributed by atoms with Gasteiger partial charge in [0.15, 0.2) is 0 Å². The number of unbranched alkanes of at least 4 members (excludes halogenated alkanes) is 1. The molecule has 0 aliphatic rings. The molecule has 0 bridgehead atoms. The number of carbonyl (C=O) groups is 4. The fourth-order valence-electron chi connectivity index (χ4n) is 2.23. The summed E-state index contributed by atoms with van der Waals surface area (Å²) in [6.07, 6.45) is -0.176. The molecule has 0 fully saturated rings. The lowest BCUT2D eigenvalue weighted by atomic mass is 10.1. The number of nitrogens with two attached hydrogens (primary N) is 2. The monoisotopic (exact) mass is 437 g/mol. The molecular weight excluding hydrogens is 406 g/mol. The molecule has 0 aliphatic heterocycles. The lowest BCUT2D eigenvalue weighted by molar-refractivity contribution is -0.143. The molecule has 0 aliphatic carbocycles. The van der Waals surface area contributed by atoms with Crippen molar-refractivity contribution in [1.29, 1.82) is 0 Å². The van der Waals surface area contributed by atoms with Gasteiger partial charge in [0.2, 0.25) is 17.7 Å². The Morgan fingerprint density at radius 2 is 1.59 bits per heavy atom. The molecule has 168 valence electrons. The summed E-state index contributed by atoms with van der Waals surface area (Å²) in [5, 5.41) is 35.0. The molecule has 12 nitrogen and oxygen atoms in total. The minimum atomic E-state index is -1.49. The van der Waals surface area contributed by atoms with Gasteiger partial charge in [-0.2, -0.15) is 12.6 Å². The summed E-state index contributed by atoms with van der Waals surface area (Å²) in [7, 11) is 0. The Kier molecular flexibility index (Phi) is 13.2. The number of carboxylic acid groups (broad SMARTS) is 1. The van der Waals surface area contributed by atoms with Crippen LogP contribution >= 0.6 is 12.6 Å². The van der Waals surface area contributed by atoms with Gasteiger partial charge < -0.3 is 42.7 Å². The molecule has 0 aromatic heterocycles. The third-order valence-corrected chi connectivity index (χ3v) is 4.37. The van der Waals surface area contributed by atoms with E-state index in [2.05, 4.69) is 28.6 Å². The van der Waals surface area contributed by atoms with Gasteiger partial charge in [-0.15, -0.1) is 0 Å². The van der Waals surface area contributed by atoms with Crippen molar-refractivity contribution in [2.45, 2.75) is 56.5 Å². The topological polar surface area (TPSA) is 217 Å². The number of carbonyl (C=O) groups excluding carboxylic acids is 3. The maximum absolute atomic E-state index is 12.4. The predicted octanol–water partition coefficient (Wildman–Crippen LogP) is -3.72.